The number of hydrogen-bond acceptors (Lipinski definition) is 5. The smallest absolute Gasteiger partial charge is 0.196 e. The predicted molar refractivity (Wildman–Crippen MR) is 75.3 cm³/mol. The zero-order valence-electron chi connectivity index (χ0n) is 11.1. The van der Waals surface area contributed by atoms with Crippen molar-refractivity contribution in [1.82, 2.24) is 20.2 Å². The van der Waals surface area contributed by atoms with E-state index in [0.29, 0.717) is 23.8 Å². The van der Waals surface area contributed by atoms with Gasteiger partial charge < -0.3 is 10.8 Å². The van der Waals surface area contributed by atoms with E-state index in [1.807, 2.05) is 30.3 Å². The minimum absolute atomic E-state index is 0.115. The zero-order chi connectivity index (χ0) is 13.9. The van der Waals surface area contributed by atoms with Crippen molar-refractivity contribution >= 4 is 11.4 Å². The third-order valence-electron chi connectivity index (χ3n) is 3.66. The van der Waals surface area contributed by atoms with Crippen LogP contribution in [0.3, 0.4) is 0 Å². The molecule has 2 N–H and O–H groups in total. The summed E-state index contributed by atoms with van der Waals surface area (Å²) in [6.45, 7) is 0.547. The highest BCUT2D eigenvalue weighted by Gasteiger charge is 2.29. The van der Waals surface area contributed by atoms with Gasteiger partial charge in [0.25, 0.3) is 0 Å². The molecule has 6 nitrogen and oxygen atoms in total. The van der Waals surface area contributed by atoms with E-state index >= 15 is 0 Å². The van der Waals surface area contributed by atoms with E-state index < -0.39 is 0 Å². The number of hydrogen-bond donors (Lipinski definition) is 2. The molecule has 2 aromatic rings. The molecule has 0 radical (unpaired) electrons. The summed E-state index contributed by atoms with van der Waals surface area (Å²) in [6, 6.07) is 9.92. The fraction of sp³-hybridized carbons (Fsp3) is 0.357. The Morgan fingerprint density at radius 1 is 1.30 bits per heavy atom. The van der Waals surface area contributed by atoms with Crippen molar-refractivity contribution in [1.29, 1.82) is 10.8 Å². The van der Waals surface area contributed by atoms with Crippen LogP contribution in [-0.2, 0) is 6.54 Å². The Hall–Kier alpha value is -2.37. The molecule has 1 aliphatic rings. The van der Waals surface area contributed by atoms with Crippen molar-refractivity contribution in [2.24, 2.45) is 5.92 Å². The second-order valence-electron chi connectivity index (χ2n) is 5.03. The van der Waals surface area contributed by atoms with Crippen molar-refractivity contribution in [3.05, 3.63) is 41.7 Å². The average molecular weight is 268 g/mol. The lowest BCUT2D eigenvalue weighted by Gasteiger charge is -2.11. The van der Waals surface area contributed by atoms with Crippen LogP contribution in [-0.4, -0.2) is 31.6 Å². The van der Waals surface area contributed by atoms with Gasteiger partial charge >= 0.3 is 0 Å². The van der Waals surface area contributed by atoms with Crippen LogP contribution in [0.1, 0.15) is 30.7 Å². The molecule has 1 aromatic carbocycles. The Kier molecular flexibility index (Phi) is 3.37. The van der Waals surface area contributed by atoms with E-state index in [4.69, 9.17) is 10.8 Å². The third-order valence-corrected chi connectivity index (χ3v) is 3.66. The molecule has 0 spiro atoms. The van der Waals surface area contributed by atoms with E-state index in [9.17, 15) is 0 Å². The molecule has 1 heterocycles. The van der Waals surface area contributed by atoms with Crippen LogP contribution in [0.5, 0.6) is 0 Å². The summed E-state index contributed by atoms with van der Waals surface area (Å²) in [6.07, 6.45) is 2.62. The van der Waals surface area contributed by atoms with E-state index in [-0.39, 0.29) is 5.92 Å². The monoisotopic (exact) mass is 268 g/mol. The quantitative estimate of drug-likeness (QED) is 0.830. The second kappa shape index (κ2) is 5.32. The molecule has 102 valence electrons. The van der Waals surface area contributed by atoms with Gasteiger partial charge in [0.15, 0.2) is 5.82 Å². The van der Waals surface area contributed by atoms with E-state index in [1.165, 1.54) is 0 Å². The van der Waals surface area contributed by atoms with Gasteiger partial charge in [0.1, 0.15) is 0 Å². The van der Waals surface area contributed by atoms with E-state index in [1.54, 1.807) is 4.68 Å². The first-order chi connectivity index (χ1) is 9.75. The number of aromatic nitrogens is 4. The molecule has 1 aliphatic carbocycles. The topological polar surface area (TPSA) is 91.3 Å². The highest BCUT2D eigenvalue weighted by molar-refractivity contribution is 6.12. The zero-order valence-corrected chi connectivity index (χ0v) is 11.1. The Morgan fingerprint density at radius 2 is 2.10 bits per heavy atom. The molecule has 1 fully saturated rings. The van der Waals surface area contributed by atoms with Crippen LogP contribution in [0.2, 0.25) is 0 Å². The molecule has 1 unspecified atom stereocenters. The number of tetrazole rings is 1. The Balaban J connectivity index is 1.83. The summed E-state index contributed by atoms with van der Waals surface area (Å²) < 4.78 is 1.64. The van der Waals surface area contributed by atoms with E-state index in [0.717, 1.165) is 24.8 Å². The lowest BCUT2D eigenvalue weighted by Crippen LogP contribution is -2.23. The third kappa shape index (κ3) is 2.36. The highest BCUT2D eigenvalue weighted by atomic mass is 15.5. The molecule has 6 heteroatoms. The SMILES string of the molecule is N=C1CCCC1C(=N)c1nnnn1Cc1ccccc1. The maximum absolute atomic E-state index is 8.28. The van der Waals surface area contributed by atoms with Crippen molar-refractivity contribution in [3.8, 4) is 0 Å². The maximum Gasteiger partial charge on any atom is 0.196 e. The molecular weight excluding hydrogens is 252 g/mol. The molecule has 1 aromatic heterocycles. The Bertz CT molecular complexity index is 630. The van der Waals surface area contributed by atoms with Crippen LogP contribution in [0.15, 0.2) is 30.3 Å². The minimum Gasteiger partial charge on any atom is -0.309 e. The number of nitrogens with zero attached hydrogens (tertiary/aromatic N) is 4. The van der Waals surface area contributed by atoms with Crippen LogP contribution < -0.4 is 0 Å². The molecule has 20 heavy (non-hydrogen) atoms. The van der Waals surface area contributed by atoms with Gasteiger partial charge in [-0.15, -0.1) is 5.10 Å². The summed E-state index contributed by atoms with van der Waals surface area (Å²) in [5.74, 6) is 0.362. The molecule has 1 atom stereocenters. The Labute approximate surface area is 116 Å². The summed E-state index contributed by atoms with van der Waals surface area (Å²) >= 11 is 0. The molecular formula is C14H16N6. The van der Waals surface area contributed by atoms with Crippen molar-refractivity contribution in [2.45, 2.75) is 25.8 Å². The number of benzene rings is 1. The molecule has 0 aliphatic heterocycles. The second-order valence-corrected chi connectivity index (χ2v) is 5.03. The summed E-state index contributed by atoms with van der Waals surface area (Å²) in [5.41, 5.74) is 2.09. The normalized spacial score (nSPS) is 18.4. The molecule has 0 bridgehead atoms. The minimum atomic E-state index is -0.115. The van der Waals surface area contributed by atoms with Crippen LogP contribution in [0, 0.1) is 16.7 Å². The summed E-state index contributed by atoms with van der Waals surface area (Å²) in [4.78, 5) is 0. The van der Waals surface area contributed by atoms with Gasteiger partial charge in [-0.1, -0.05) is 30.3 Å². The first-order valence-electron chi connectivity index (χ1n) is 6.72. The average Bonchev–Trinajstić information content (AvgIpc) is 3.08. The Morgan fingerprint density at radius 3 is 2.80 bits per heavy atom. The van der Waals surface area contributed by atoms with Gasteiger partial charge in [-0.05, 0) is 35.3 Å². The first kappa shape index (κ1) is 12.7. The lowest BCUT2D eigenvalue weighted by atomic mass is 9.99. The van der Waals surface area contributed by atoms with Crippen molar-refractivity contribution in [3.63, 3.8) is 0 Å². The lowest BCUT2D eigenvalue weighted by molar-refractivity contribution is 0.640. The van der Waals surface area contributed by atoms with Gasteiger partial charge in [0.2, 0.25) is 0 Å². The van der Waals surface area contributed by atoms with E-state index in [2.05, 4.69) is 15.5 Å². The van der Waals surface area contributed by atoms with Gasteiger partial charge in [-0.2, -0.15) is 0 Å². The molecule has 0 amide bonds. The molecule has 0 saturated heterocycles. The summed E-state index contributed by atoms with van der Waals surface area (Å²) in [5, 5.41) is 27.8. The molecule has 1 saturated carbocycles. The largest absolute Gasteiger partial charge is 0.309 e. The number of nitrogens with one attached hydrogen (secondary N) is 2. The highest BCUT2D eigenvalue weighted by Crippen LogP contribution is 2.24. The molecule has 3 rings (SSSR count). The number of rotatable bonds is 4. The van der Waals surface area contributed by atoms with Gasteiger partial charge in [0, 0.05) is 11.6 Å². The van der Waals surface area contributed by atoms with Crippen LogP contribution in [0.25, 0.3) is 0 Å². The van der Waals surface area contributed by atoms with Crippen LogP contribution >= 0.6 is 0 Å². The van der Waals surface area contributed by atoms with Crippen LogP contribution in [0.4, 0.5) is 0 Å². The standard InChI is InChI=1S/C14H16N6/c15-12-8-4-7-11(12)13(16)14-17-18-19-20(14)9-10-5-2-1-3-6-10/h1-3,5-6,11,15-16H,4,7-9H2. The van der Waals surface area contributed by atoms with Crippen molar-refractivity contribution in [2.75, 3.05) is 0 Å². The predicted octanol–water partition coefficient (Wildman–Crippen LogP) is 1.91. The fourth-order valence-electron chi connectivity index (χ4n) is 2.58. The summed E-state index contributed by atoms with van der Waals surface area (Å²) in [7, 11) is 0. The maximum atomic E-state index is 8.28. The van der Waals surface area contributed by atoms with Crippen molar-refractivity contribution < 1.29 is 0 Å². The van der Waals surface area contributed by atoms with Gasteiger partial charge in [-0.3, -0.25) is 0 Å². The van der Waals surface area contributed by atoms with Gasteiger partial charge in [-0.25, -0.2) is 4.68 Å². The fourth-order valence-corrected chi connectivity index (χ4v) is 2.58. The first-order valence-corrected chi connectivity index (χ1v) is 6.72. The van der Waals surface area contributed by atoms with Gasteiger partial charge in [0.05, 0.1) is 12.3 Å².